The van der Waals surface area contributed by atoms with Crippen molar-refractivity contribution >= 4 is 41.9 Å². The van der Waals surface area contributed by atoms with Crippen molar-refractivity contribution in [3.05, 3.63) is 63.0 Å². The minimum Gasteiger partial charge on any atom is -0.207 e. The highest BCUT2D eigenvalue weighted by atomic mass is 79.9. The van der Waals surface area contributed by atoms with Crippen LogP contribution in [0.25, 0.3) is 0 Å². The highest BCUT2D eigenvalue weighted by molar-refractivity contribution is 9.10. The average Bonchev–Trinajstić information content (AvgIpc) is 2.39. The number of hydrogen-bond acceptors (Lipinski definition) is 2. The third-order valence-corrected chi connectivity index (χ3v) is 5.37. The molecule has 20 heavy (non-hydrogen) atoms. The van der Waals surface area contributed by atoms with E-state index in [1.54, 1.807) is 24.3 Å². The molecule has 0 saturated carbocycles. The lowest BCUT2D eigenvalue weighted by Gasteiger charge is -2.15. The summed E-state index contributed by atoms with van der Waals surface area (Å²) in [7, 11) is -3.53. The molecule has 0 aromatic heterocycles. The molecule has 2 aromatic carbocycles. The molecule has 0 aliphatic carbocycles. The summed E-state index contributed by atoms with van der Waals surface area (Å²) in [5.74, 6) is 0. The summed E-state index contributed by atoms with van der Waals surface area (Å²) in [5, 5.41) is 0. The fraction of sp³-hybridized carbons (Fsp3) is 0.143. The van der Waals surface area contributed by atoms with Gasteiger partial charge in [0, 0.05) is 15.0 Å². The summed E-state index contributed by atoms with van der Waals surface area (Å²) in [6.45, 7) is 1.82. The van der Waals surface area contributed by atoms with Crippen molar-refractivity contribution in [2.45, 2.75) is 17.9 Å². The summed E-state index contributed by atoms with van der Waals surface area (Å²) < 4.78 is 29.0. The first-order valence-electron chi connectivity index (χ1n) is 5.92. The quantitative estimate of drug-likeness (QED) is 0.806. The molecule has 3 nitrogen and oxygen atoms in total. The van der Waals surface area contributed by atoms with E-state index in [0.29, 0.717) is 0 Å². The maximum absolute atomic E-state index is 12.3. The Balaban J connectivity index is 2.22. The van der Waals surface area contributed by atoms with Crippen molar-refractivity contribution < 1.29 is 8.42 Å². The third kappa shape index (κ3) is 3.91. The maximum atomic E-state index is 12.3. The largest absolute Gasteiger partial charge is 0.241 e. The van der Waals surface area contributed by atoms with E-state index in [1.807, 2.05) is 31.2 Å². The van der Waals surface area contributed by atoms with E-state index in [2.05, 4.69) is 36.6 Å². The Morgan fingerprint density at radius 2 is 1.65 bits per heavy atom. The van der Waals surface area contributed by atoms with Gasteiger partial charge in [-0.2, -0.15) is 0 Å². The van der Waals surface area contributed by atoms with Gasteiger partial charge in [-0.15, -0.1) is 0 Å². The lowest BCUT2D eigenvalue weighted by atomic mass is 10.1. The Bertz CT molecular complexity index is 699. The number of halogens is 2. The second-order valence-corrected chi connectivity index (χ2v) is 7.90. The first kappa shape index (κ1) is 15.7. The third-order valence-electron chi connectivity index (χ3n) is 2.81. The first-order chi connectivity index (χ1) is 9.38. The molecule has 0 aliphatic heterocycles. The van der Waals surface area contributed by atoms with Gasteiger partial charge in [0.1, 0.15) is 0 Å². The monoisotopic (exact) mass is 417 g/mol. The van der Waals surface area contributed by atoms with Crippen LogP contribution in [0.3, 0.4) is 0 Å². The van der Waals surface area contributed by atoms with Crippen LogP contribution in [0.5, 0.6) is 0 Å². The fourth-order valence-electron chi connectivity index (χ4n) is 1.75. The van der Waals surface area contributed by atoms with E-state index in [1.165, 1.54) is 0 Å². The predicted octanol–water partition coefficient (Wildman–Crippen LogP) is 4.25. The lowest BCUT2D eigenvalue weighted by Crippen LogP contribution is -2.26. The number of rotatable bonds is 4. The van der Waals surface area contributed by atoms with Crippen LogP contribution >= 0.6 is 31.9 Å². The standard InChI is InChI=1S/C14H13Br2NO2S/c1-10(11-5-7-12(15)8-6-11)17-20(18,19)14-4-2-3-13(16)9-14/h2-10,17H,1H3. The van der Waals surface area contributed by atoms with Crippen LogP contribution in [-0.2, 0) is 10.0 Å². The van der Waals surface area contributed by atoms with Crippen LogP contribution in [0.4, 0.5) is 0 Å². The van der Waals surface area contributed by atoms with Crippen LogP contribution in [0.1, 0.15) is 18.5 Å². The fourth-order valence-corrected chi connectivity index (χ4v) is 3.85. The van der Waals surface area contributed by atoms with Gasteiger partial charge < -0.3 is 0 Å². The molecule has 0 radical (unpaired) electrons. The molecule has 2 rings (SSSR count). The second-order valence-electron chi connectivity index (χ2n) is 4.35. The summed E-state index contributed by atoms with van der Waals surface area (Å²) in [6.07, 6.45) is 0. The smallest absolute Gasteiger partial charge is 0.207 e. The molecule has 1 atom stereocenters. The SMILES string of the molecule is CC(NS(=O)(=O)c1cccc(Br)c1)c1ccc(Br)cc1. The Morgan fingerprint density at radius 1 is 1.00 bits per heavy atom. The van der Waals surface area contributed by atoms with Gasteiger partial charge >= 0.3 is 0 Å². The Hall–Kier alpha value is -0.690. The molecule has 1 N–H and O–H groups in total. The highest BCUT2D eigenvalue weighted by Crippen LogP contribution is 2.21. The summed E-state index contributed by atoms with van der Waals surface area (Å²) in [5.41, 5.74) is 0.909. The molecule has 106 valence electrons. The molecule has 0 bridgehead atoms. The minimum absolute atomic E-state index is 0.246. The van der Waals surface area contributed by atoms with E-state index < -0.39 is 10.0 Å². The Kier molecular flexibility index (Phi) is 5.01. The normalized spacial score (nSPS) is 13.2. The van der Waals surface area contributed by atoms with Gasteiger partial charge in [0.15, 0.2) is 0 Å². The summed E-state index contributed by atoms with van der Waals surface area (Å²) >= 11 is 6.63. The van der Waals surface area contributed by atoms with Crippen molar-refractivity contribution in [3.8, 4) is 0 Å². The summed E-state index contributed by atoms with van der Waals surface area (Å²) in [6, 6.07) is 13.9. The molecular formula is C14H13Br2NO2S. The van der Waals surface area contributed by atoms with Crippen molar-refractivity contribution in [1.82, 2.24) is 4.72 Å². The van der Waals surface area contributed by atoms with Crippen LogP contribution in [0, 0.1) is 0 Å². The highest BCUT2D eigenvalue weighted by Gasteiger charge is 2.18. The molecule has 2 aromatic rings. The lowest BCUT2D eigenvalue weighted by molar-refractivity contribution is 0.567. The molecule has 0 spiro atoms. The van der Waals surface area contributed by atoms with Gasteiger partial charge in [0.2, 0.25) is 10.0 Å². The van der Waals surface area contributed by atoms with Crippen LogP contribution < -0.4 is 4.72 Å². The molecule has 6 heteroatoms. The van der Waals surface area contributed by atoms with Gasteiger partial charge in [-0.3, -0.25) is 0 Å². The zero-order valence-electron chi connectivity index (χ0n) is 10.7. The Morgan fingerprint density at radius 3 is 2.25 bits per heavy atom. The van der Waals surface area contributed by atoms with Gasteiger partial charge in [0.25, 0.3) is 0 Å². The zero-order chi connectivity index (χ0) is 14.8. The van der Waals surface area contributed by atoms with Crippen molar-refractivity contribution in [3.63, 3.8) is 0 Å². The number of benzene rings is 2. The van der Waals surface area contributed by atoms with Crippen LogP contribution in [0.15, 0.2) is 62.4 Å². The molecule has 0 fully saturated rings. The Labute approximate surface area is 135 Å². The topological polar surface area (TPSA) is 46.2 Å². The van der Waals surface area contributed by atoms with Crippen LogP contribution in [-0.4, -0.2) is 8.42 Å². The molecule has 0 aliphatic rings. The second kappa shape index (κ2) is 6.39. The average molecular weight is 419 g/mol. The van der Waals surface area contributed by atoms with E-state index >= 15 is 0 Å². The van der Waals surface area contributed by atoms with Crippen molar-refractivity contribution in [2.24, 2.45) is 0 Å². The minimum atomic E-state index is -3.53. The number of hydrogen-bond donors (Lipinski definition) is 1. The van der Waals surface area contributed by atoms with E-state index in [4.69, 9.17) is 0 Å². The van der Waals surface area contributed by atoms with Gasteiger partial charge in [-0.25, -0.2) is 13.1 Å². The van der Waals surface area contributed by atoms with E-state index in [0.717, 1.165) is 14.5 Å². The van der Waals surface area contributed by atoms with E-state index in [9.17, 15) is 8.42 Å². The van der Waals surface area contributed by atoms with Crippen molar-refractivity contribution in [2.75, 3.05) is 0 Å². The van der Waals surface area contributed by atoms with Gasteiger partial charge in [-0.05, 0) is 42.8 Å². The van der Waals surface area contributed by atoms with Crippen molar-refractivity contribution in [1.29, 1.82) is 0 Å². The zero-order valence-corrected chi connectivity index (χ0v) is 14.7. The number of sulfonamides is 1. The molecule has 1 unspecified atom stereocenters. The van der Waals surface area contributed by atoms with E-state index in [-0.39, 0.29) is 10.9 Å². The molecular weight excluding hydrogens is 406 g/mol. The van der Waals surface area contributed by atoms with Crippen LogP contribution in [0.2, 0.25) is 0 Å². The maximum Gasteiger partial charge on any atom is 0.241 e. The molecule has 0 heterocycles. The van der Waals surface area contributed by atoms with Gasteiger partial charge in [-0.1, -0.05) is 50.1 Å². The summed E-state index contributed by atoms with van der Waals surface area (Å²) in [4.78, 5) is 0.246. The van der Waals surface area contributed by atoms with Gasteiger partial charge in [0.05, 0.1) is 4.90 Å². The number of nitrogens with one attached hydrogen (secondary N) is 1. The predicted molar refractivity (Wildman–Crippen MR) is 87.0 cm³/mol. The first-order valence-corrected chi connectivity index (χ1v) is 8.99. The molecule has 0 saturated heterocycles. The molecule has 0 amide bonds.